The Labute approximate surface area is 154 Å². The Bertz CT molecular complexity index is 985. The molecule has 3 aromatic rings. The summed E-state index contributed by atoms with van der Waals surface area (Å²) in [6.45, 7) is 9.06. The van der Waals surface area contributed by atoms with Crippen LogP contribution in [-0.4, -0.2) is 0 Å². The summed E-state index contributed by atoms with van der Waals surface area (Å²) >= 11 is 1.92. The van der Waals surface area contributed by atoms with Crippen LogP contribution in [0.5, 0.6) is 0 Å². The number of nitrogens with zero attached hydrogens (tertiary/aromatic N) is 1. The summed E-state index contributed by atoms with van der Waals surface area (Å²) < 4.78 is 2.26. The van der Waals surface area contributed by atoms with E-state index in [9.17, 15) is 0 Å². The molecule has 0 aliphatic carbocycles. The number of hydrogen-bond donors (Lipinski definition) is 0. The average Bonchev–Trinajstić information content (AvgIpc) is 2.56. The SMILES string of the molecule is Cc1ccc(-c2c(C)ccc3c2Sc2ccccc2C3(C)C)[n+](C)c1. The predicted octanol–water partition coefficient (Wildman–Crippen LogP) is 5.59. The van der Waals surface area contributed by atoms with Crippen LogP contribution >= 0.6 is 11.8 Å². The van der Waals surface area contributed by atoms with Crippen LogP contribution in [-0.2, 0) is 12.5 Å². The van der Waals surface area contributed by atoms with Crippen LogP contribution in [0.4, 0.5) is 0 Å². The van der Waals surface area contributed by atoms with Crippen LogP contribution < -0.4 is 4.57 Å². The van der Waals surface area contributed by atoms with Crippen molar-refractivity contribution < 1.29 is 4.57 Å². The predicted molar refractivity (Wildman–Crippen MR) is 105 cm³/mol. The third-order valence-corrected chi connectivity index (χ3v) is 6.55. The van der Waals surface area contributed by atoms with E-state index in [1.807, 2.05) is 11.8 Å². The fourth-order valence-corrected chi connectivity index (χ4v) is 5.53. The molecule has 0 fully saturated rings. The summed E-state index contributed by atoms with van der Waals surface area (Å²) in [6, 6.07) is 17.9. The van der Waals surface area contributed by atoms with E-state index in [4.69, 9.17) is 0 Å². The second-order valence-electron chi connectivity index (χ2n) is 7.56. The van der Waals surface area contributed by atoms with Crippen LogP contribution in [0.2, 0.25) is 0 Å². The molecule has 0 unspecified atom stereocenters. The topological polar surface area (TPSA) is 3.88 Å². The third kappa shape index (κ3) is 2.51. The van der Waals surface area contributed by atoms with Crippen molar-refractivity contribution in [2.24, 2.45) is 7.05 Å². The molecule has 2 heteroatoms. The smallest absolute Gasteiger partial charge is 0.201 e. The molecule has 0 saturated carbocycles. The molecule has 1 aliphatic rings. The van der Waals surface area contributed by atoms with Crippen molar-refractivity contribution in [1.82, 2.24) is 0 Å². The highest BCUT2D eigenvalue weighted by molar-refractivity contribution is 7.99. The number of pyridine rings is 1. The largest absolute Gasteiger partial charge is 0.213 e. The minimum atomic E-state index is 0.0168. The van der Waals surface area contributed by atoms with E-state index in [1.165, 1.54) is 43.3 Å². The minimum Gasteiger partial charge on any atom is -0.201 e. The Hall–Kier alpha value is -2.06. The summed E-state index contributed by atoms with van der Waals surface area (Å²) in [6.07, 6.45) is 2.21. The first kappa shape index (κ1) is 16.4. The van der Waals surface area contributed by atoms with Crippen molar-refractivity contribution >= 4 is 11.8 Å². The molecule has 2 aromatic carbocycles. The van der Waals surface area contributed by atoms with Crippen LogP contribution in [0.3, 0.4) is 0 Å². The molecule has 0 amide bonds. The maximum absolute atomic E-state index is 2.35. The van der Waals surface area contributed by atoms with Gasteiger partial charge >= 0.3 is 0 Å². The Kier molecular flexibility index (Phi) is 3.77. The van der Waals surface area contributed by atoms with Gasteiger partial charge in [-0.15, -0.1) is 0 Å². The lowest BCUT2D eigenvalue weighted by Gasteiger charge is -2.35. The van der Waals surface area contributed by atoms with Gasteiger partial charge in [-0.3, -0.25) is 0 Å². The van der Waals surface area contributed by atoms with E-state index < -0.39 is 0 Å². The monoisotopic (exact) mass is 346 g/mol. The van der Waals surface area contributed by atoms with E-state index in [1.54, 1.807) is 0 Å². The zero-order valence-electron chi connectivity index (χ0n) is 15.6. The first-order chi connectivity index (χ1) is 11.9. The van der Waals surface area contributed by atoms with Crippen molar-refractivity contribution in [2.45, 2.75) is 42.9 Å². The van der Waals surface area contributed by atoms with Gasteiger partial charge in [0, 0.05) is 26.8 Å². The number of rotatable bonds is 1. The lowest BCUT2D eigenvalue weighted by Crippen LogP contribution is -2.32. The molecule has 1 nitrogen and oxygen atoms in total. The van der Waals surface area contributed by atoms with Crippen molar-refractivity contribution in [3.8, 4) is 11.3 Å². The van der Waals surface area contributed by atoms with Crippen LogP contribution in [0.15, 0.2) is 64.5 Å². The minimum absolute atomic E-state index is 0.0168. The fourth-order valence-electron chi connectivity index (χ4n) is 3.93. The molecule has 25 heavy (non-hydrogen) atoms. The fraction of sp³-hybridized carbons (Fsp3) is 0.261. The van der Waals surface area contributed by atoms with Crippen LogP contribution in [0, 0.1) is 13.8 Å². The van der Waals surface area contributed by atoms with Gasteiger partial charge in [0.25, 0.3) is 0 Å². The molecule has 126 valence electrons. The normalized spacial score (nSPS) is 14.8. The summed E-state index contributed by atoms with van der Waals surface area (Å²) in [4.78, 5) is 2.78. The van der Waals surface area contributed by atoms with Gasteiger partial charge in [-0.1, -0.05) is 55.9 Å². The quantitative estimate of drug-likeness (QED) is 0.520. The standard InChI is InChI=1S/C23H24NS/c1-15-10-13-19(24(5)14-15)21-16(2)11-12-18-22(21)25-20-9-7-6-8-17(20)23(18,3)4/h6-14H,1-5H3/q+1. The van der Waals surface area contributed by atoms with Crippen molar-refractivity contribution in [2.75, 3.05) is 0 Å². The molecule has 0 bridgehead atoms. The molecule has 0 radical (unpaired) electrons. The first-order valence-electron chi connectivity index (χ1n) is 8.77. The van der Waals surface area contributed by atoms with Gasteiger partial charge in [-0.05, 0) is 42.7 Å². The van der Waals surface area contributed by atoms with Crippen LogP contribution in [0.25, 0.3) is 11.3 Å². The van der Waals surface area contributed by atoms with Crippen molar-refractivity contribution in [3.05, 3.63) is 77.0 Å². The summed E-state index contributed by atoms with van der Waals surface area (Å²) in [5.74, 6) is 0. The van der Waals surface area contributed by atoms with Gasteiger partial charge in [0.05, 0.1) is 5.56 Å². The van der Waals surface area contributed by atoms with Gasteiger partial charge in [0.1, 0.15) is 7.05 Å². The molecule has 4 rings (SSSR count). The molecular weight excluding hydrogens is 322 g/mol. The number of fused-ring (bicyclic) bond motifs is 2. The van der Waals surface area contributed by atoms with E-state index in [0.717, 1.165) is 0 Å². The average molecular weight is 347 g/mol. The molecule has 0 N–H and O–H groups in total. The number of aromatic nitrogens is 1. The highest BCUT2D eigenvalue weighted by Crippen LogP contribution is 2.52. The number of hydrogen-bond acceptors (Lipinski definition) is 1. The summed E-state index contributed by atoms with van der Waals surface area (Å²) in [5, 5.41) is 0. The van der Waals surface area contributed by atoms with Gasteiger partial charge in [0.15, 0.2) is 6.20 Å². The number of aryl methyl sites for hydroxylation is 3. The second-order valence-corrected chi connectivity index (χ2v) is 8.61. The van der Waals surface area contributed by atoms with Gasteiger partial charge < -0.3 is 0 Å². The Morgan fingerprint density at radius 2 is 1.64 bits per heavy atom. The van der Waals surface area contributed by atoms with Crippen LogP contribution in [0.1, 0.15) is 36.1 Å². The molecule has 2 heterocycles. The summed E-state index contributed by atoms with van der Waals surface area (Å²) in [7, 11) is 2.15. The highest BCUT2D eigenvalue weighted by atomic mass is 32.2. The first-order valence-corrected chi connectivity index (χ1v) is 9.59. The second kappa shape index (κ2) is 5.74. The molecule has 1 aromatic heterocycles. The Morgan fingerprint density at radius 1 is 0.880 bits per heavy atom. The highest BCUT2D eigenvalue weighted by Gasteiger charge is 2.35. The molecular formula is C23H24NS+. The van der Waals surface area contributed by atoms with Crippen molar-refractivity contribution in [1.29, 1.82) is 0 Å². The van der Waals surface area contributed by atoms with Gasteiger partial charge in [-0.2, -0.15) is 0 Å². The third-order valence-electron chi connectivity index (χ3n) is 5.35. The Balaban J connectivity index is 2.02. The zero-order chi connectivity index (χ0) is 17.8. The Morgan fingerprint density at radius 3 is 2.40 bits per heavy atom. The van der Waals surface area contributed by atoms with E-state index in [0.29, 0.717) is 0 Å². The zero-order valence-corrected chi connectivity index (χ0v) is 16.4. The lowest BCUT2D eigenvalue weighted by atomic mass is 9.76. The summed E-state index contributed by atoms with van der Waals surface area (Å²) in [5.41, 5.74) is 8.14. The van der Waals surface area contributed by atoms with E-state index >= 15 is 0 Å². The molecule has 1 aliphatic heterocycles. The molecule has 0 saturated heterocycles. The molecule has 0 atom stereocenters. The maximum atomic E-state index is 2.35. The lowest BCUT2D eigenvalue weighted by molar-refractivity contribution is -0.660. The maximum Gasteiger partial charge on any atom is 0.213 e. The number of benzene rings is 2. The van der Waals surface area contributed by atoms with Gasteiger partial charge in [0.2, 0.25) is 5.69 Å². The van der Waals surface area contributed by atoms with Crippen molar-refractivity contribution in [3.63, 3.8) is 0 Å². The van der Waals surface area contributed by atoms with E-state index in [-0.39, 0.29) is 5.41 Å². The van der Waals surface area contributed by atoms with E-state index in [2.05, 4.69) is 94.0 Å². The van der Waals surface area contributed by atoms with Gasteiger partial charge in [-0.25, -0.2) is 4.57 Å². The molecule has 0 spiro atoms.